The summed E-state index contributed by atoms with van der Waals surface area (Å²) in [7, 11) is 1.74. The highest BCUT2D eigenvalue weighted by molar-refractivity contribution is 5.60. The Morgan fingerprint density at radius 3 is 2.75 bits per heavy atom. The lowest BCUT2D eigenvalue weighted by Gasteiger charge is -2.24. The molecule has 2 heterocycles. The van der Waals surface area contributed by atoms with Crippen LogP contribution in [0, 0.1) is 10.1 Å². The van der Waals surface area contributed by atoms with E-state index in [1.165, 1.54) is 18.9 Å². The fourth-order valence-corrected chi connectivity index (χ4v) is 2.42. The first-order valence-electron chi connectivity index (χ1n) is 6.93. The van der Waals surface area contributed by atoms with Crippen molar-refractivity contribution < 1.29 is 4.92 Å². The van der Waals surface area contributed by atoms with E-state index in [0.29, 0.717) is 24.2 Å². The fraction of sp³-hybridized carbons (Fsp3) is 0.615. The second-order valence-corrected chi connectivity index (χ2v) is 5.04. The summed E-state index contributed by atoms with van der Waals surface area (Å²) in [4.78, 5) is 17.2. The van der Waals surface area contributed by atoms with Gasteiger partial charge in [-0.15, -0.1) is 0 Å². The largest absolute Gasteiger partial charge is 0.373 e. The molecule has 1 fully saturated rings. The van der Waals surface area contributed by atoms with Crippen LogP contribution in [0.15, 0.2) is 12.1 Å². The Balaban J connectivity index is 2.04. The molecule has 20 heavy (non-hydrogen) atoms. The number of hydrogen-bond acceptors (Lipinski definition) is 6. The SMILES string of the molecule is CNc1ccc([N+](=O)[O-])c(NCC(C)N2CCCC2)n1. The minimum Gasteiger partial charge on any atom is -0.373 e. The average Bonchev–Trinajstić information content (AvgIpc) is 2.98. The Morgan fingerprint density at radius 2 is 2.15 bits per heavy atom. The van der Waals surface area contributed by atoms with Gasteiger partial charge in [-0.1, -0.05) is 0 Å². The van der Waals surface area contributed by atoms with Crippen molar-refractivity contribution in [1.29, 1.82) is 0 Å². The van der Waals surface area contributed by atoms with Gasteiger partial charge in [-0.2, -0.15) is 0 Å². The fourth-order valence-electron chi connectivity index (χ4n) is 2.42. The van der Waals surface area contributed by atoms with E-state index in [1.807, 2.05) is 0 Å². The van der Waals surface area contributed by atoms with E-state index in [2.05, 4.69) is 27.4 Å². The van der Waals surface area contributed by atoms with Crippen molar-refractivity contribution in [3.05, 3.63) is 22.2 Å². The molecule has 0 saturated carbocycles. The van der Waals surface area contributed by atoms with Crippen LogP contribution in [0.3, 0.4) is 0 Å². The molecule has 1 aromatic heterocycles. The second-order valence-electron chi connectivity index (χ2n) is 5.04. The molecule has 1 aromatic rings. The summed E-state index contributed by atoms with van der Waals surface area (Å²) in [6, 6.07) is 3.42. The van der Waals surface area contributed by atoms with Crippen LogP contribution in [0.2, 0.25) is 0 Å². The molecule has 7 nitrogen and oxygen atoms in total. The van der Waals surface area contributed by atoms with E-state index in [9.17, 15) is 10.1 Å². The maximum absolute atomic E-state index is 11.0. The van der Waals surface area contributed by atoms with Crippen molar-refractivity contribution in [2.45, 2.75) is 25.8 Å². The Labute approximate surface area is 118 Å². The first kappa shape index (κ1) is 14.5. The molecule has 7 heteroatoms. The van der Waals surface area contributed by atoms with Crippen LogP contribution in [0.5, 0.6) is 0 Å². The monoisotopic (exact) mass is 279 g/mol. The summed E-state index contributed by atoms with van der Waals surface area (Å²) < 4.78 is 0. The molecule has 0 spiro atoms. The van der Waals surface area contributed by atoms with Crippen molar-refractivity contribution in [3.63, 3.8) is 0 Å². The van der Waals surface area contributed by atoms with Gasteiger partial charge in [0.15, 0.2) is 0 Å². The highest BCUT2D eigenvalue weighted by Crippen LogP contribution is 2.24. The van der Waals surface area contributed by atoms with Gasteiger partial charge < -0.3 is 10.6 Å². The van der Waals surface area contributed by atoms with Crippen LogP contribution in [0.4, 0.5) is 17.3 Å². The zero-order chi connectivity index (χ0) is 14.5. The molecule has 2 rings (SSSR count). The number of rotatable bonds is 6. The third-order valence-corrected chi connectivity index (χ3v) is 3.66. The number of anilines is 2. The molecule has 1 atom stereocenters. The number of hydrogen-bond donors (Lipinski definition) is 2. The second kappa shape index (κ2) is 6.51. The van der Waals surface area contributed by atoms with E-state index in [4.69, 9.17) is 0 Å². The van der Waals surface area contributed by atoms with Crippen molar-refractivity contribution in [3.8, 4) is 0 Å². The maximum atomic E-state index is 11.0. The van der Waals surface area contributed by atoms with Crippen LogP contribution < -0.4 is 10.6 Å². The quantitative estimate of drug-likeness (QED) is 0.611. The van der Waals surface area contributed by atoms with Gasteiger partial charge in [0.05, 0.1) is 4.92 Å². The molecule has 110 valence electrons. The van der Waals surface area contributed by atoms with Crippen LogP contribution in [0.25, 0.3) is 0 Å². The lowest BCUT2D eigenvalue weighted by atomic mass is 10.3. The van der Waals surface area contributed by atoms with Crippen LogP contribution in [-0.4, -0.2) is 47.5 Å². The van der Waals surface area contributed by atoms with Crippen molar-refractivity contribution in [2.24, 2.45) is 0 Å². The van der Waals surface area contributed by atoms with Crippen LogP contribution in [-0.2, 0) is 0 Å². The average molecular weight is 279 g/mol. The zero-order valence-corrected chi connectivity index (χ0v) is 11.9. The summed E-state index contributed by atoms with van der Waals surface area (Å²) in [6.45, 7) is 5.00. The van der Waals surface area contributed by atoms with Gasteiger partial charge in [0.1, 0.15) is 5.82 Å². The van der Waals surface area contributed by atoms with E-state index in [0.717, 1.165) is 13.1 Å². The normalized spacial score (nSPS) is 16.9. The molecule has 1 aliphatic rings. The number of nitrogens with zero attached hydrogens (tertiary/aromatic N) is 3. The molecule has 1 unspecified atom stereocenters. The molecular weight excluding hydrogens is 258 g/mol. The Hall–Kier alpha value is -1.89. The topological polar surface area (TPSA) is 83.3 Å². The van der Waals surface area contributed by atoms with Crippen molar-refractivity contribution in [1.82, 2.24) is 9.88 Å². The predicted molar refractivity (Wildman–Crippen MR) is 79.2 cm³/mol. The van der Waals surface area contributed by atoms with E-state index in [1.54, 1.807) is 13.1 Å². The smallest absolute Gasteiger partial charge is 0.311 e. The molecule has 1 saturated heterocycles. The van der Waals surface area contributed by atoms with Gasteiger partial charge in [0.2, 0.25) is 5.82 Å². The number of nitrogens with one attached hydrogen (secondary N) is 2. The molecule has 0 aliphatic carbocycles. The highest BCUT2D eigenvalue weighted by Gasteiger charge is 2.20. The summed E-state index contributed by atoms with van der Waals surface area (Å²) >= 11 is 0. The number of pyridine rings is 1. The number of likely N-dealkylation sites (tertiary alicyclic amines) is 1. The Kier molecular flexibility index (Phi) is 4.73. The minimum atomic E-state index is -0.407. The number of aromatic nitrogens is 1. The van der Waals surface area contributed by atoms with Gasteiger partial charge >= 0.3 is 5.69 Å². The molecular formula is C13H21N5O2. The molecule has 0 amide bonds. The van der Waals surface area contributed by atoms with Crippen LogP contribution in [0.1, 0.15) is 19.8 Å². The third-order valence-electron chi connectivity index (χ3n) is 3.66. The van der Waals surface area contributed by atoms with E-state index in [-0.39, 0.29) is 5.69 Å². The Morgan fingerprint density at radius 1 is 1.45 bits per heavy atom. The molecule has 0 radical (unpaired) electrons. The predicted octanol–water partition coefficient (Wildman–Crippen LogP) is 1.93. The molecule has 0 aromatic carbocycles. The molecule has 1 aliphatic heterocycles. The van der Waals surface area contributed by atoms with Gasteiger partial charge in [-0.25, -0.2) is 4.98 Å². The summed E-state index contributed by atoms with van der Waals surface area (Å²) in [6.07, 6.45) is 2.47. The van der Waals surface area contributed by atoms with Gasteiger partial charge in [0.25, 0.3) is 0 Å². The molecule has 2 N–H and O–H groups in total. The number of nitro groups is 1. The molecule has 0 bridgehead atoms. The lowest BCUT2D eigenvalue weighted by molar-refractivity contribution is -0.384. The lowest BCUT2D eigenvalue weighted by Crippen LogP contribution is -2.35. The third kappa shape index (κ3) is 3.36. The first-order chi connectivity index (χ1) is 9.61. The first-order valence-corrected chi connectivity index (χ1v) is 6.93. The zero-order valence-electron chi connectivity index (χ0n) is 11.9. The van der Waals surface area contributed by atoms with Crippen molar-refractivity contribution in [2.75, 3.05) is 37.3 Å². The highest BCUT2D eigenvalue weighted by atomic mass is 16.6. The van der Waals surface area contributed by atoms with Crippen molar-refractivity contribution >= 4 is 17.3 Å². The summed E-state index contributed by atoms with van der Waals surface area (Å²) in [5, 5.41) is 17.0. The Bertz CT molecular complexity index is 474. The van der Waals surface area contributed by atoms with E-state index >= 15 is 0 Å². The van der Waals surface area contributed by atoms with Crippen LogP contribution >= 0.6 is 0 Å². The van der Waals surface area contributed by atoms with E-state index < -0.39 is 4.92 Å². The standard InChI is InChI=1S/C13H21N5O2/c1-10(17-7-3-4-8-17)9-15-13-11(18(19)20)5-6-12(14-2)16-13/h5-6,10H,3-4,7-9H2,1-2H3,(H2,14,15,16). The maximum Gasteiger partial charge on any atom is 0.311 e. The minimum absolute atomic E-state index is 0.0117. The van der Waals surface area contributed by atoms with Gasteiger partial charge in [-0.3, -0.25) is 15.0 Å². The van der Waals surface area contributed by atoms with Gasteiger partial charge in [0, 0.05) is 25.7 Å². The summed E-state index contributed by atoms with van der Waals surface area (Å²) in [5.74, 6) is 0.944. The summed E-state index contributed by atoms with van der Waals surface area (Å²) in [5.41, 5.74) is 0.0117. The van der Waals surface area contributed by atoms with Gasteiger partial charge in [-0.05, 0) is 38.9 Å².